The number of piperidine rings is 1. The Labute approximate surface area is 165 Å². The molecule has 1 aromatic heterocycles. The molecular weight excluding hydrogens is 386 g/mol. The number of carbonyl (C=O) groups is 1. The Balaban J connectivity index is 1.54. The van der Waals surface area contributed by atoms with Crippen molar-refractivity contribution in [3.05, 3.63) is 64.2 Å². The topological polar surface area (TPSA) is 45.2 Å². The molecule has 1 saturated heterocycles. The first-order chi connectivity index (χ1) is 13.8. The number of amides is 1. The Hall–Kier alpha value is -2.48. The van der Waals surface area contributed by atoms with Crippen LogP contribution < -0.4 is 5.32 Å². The largest absolute Gasteiger partial charge is 0.416 e. The van der Waals surface area contributed by atoms with Crippen molar-refractivity contribution in [3.63, 3.8) is 0 Å². The molecule has 1 N–H and O–H groups in total. The molecule has 3 heterocycles. The smallest absolute Gasteiger partial charge is 0.352 e. The Morgan fingerprint density at radius 1 is 1.24 bits per heavy atom. The highest BCUT2D eigenvalue weighted by Gasteiger charge is 2.32. The standard InChI is InChI=1S/C21H21F4N3O/c22-16-9-13(8-15(10-16)21(23,24)25)11-28-7-1-2-14(12-28)19-17-3-6-27-20(29)18(17)4-5-26-19/h4-5,8-10,14H,1-3,6-7,11-12H2,(H,27,29). The van der Waals surface area contributed by atoms with E-state index in [1.165, 1.54) is 0 Å². The van der Waals surface area contributed by atoms with Crippen molar-refractivity contribution in [2.45, 2.75) is 37.9 Å². The summed E-state index contributed by atoms with van der Waals surface area (Å²) in [7, 11) is 0. The number of hydrogen-bond donors (Lipinski definition) is 1. The lowest BCUT2D eigenvalue weighted by Crippen LogP contribution is -2.37. The Kier molecular flexibility index (Phi) is 5.29. The summed E-state index contributed by atoms with van der Waals surface area (Å²) in [6.45, 7) is 2.16. The summed E-state index contributed by atoms with van der Waals surface area (Å²) >= 11 is 0. The van der Waals surface area contributed by atoms with Gasteiger partial charge in [0.2, 0.25) is 0 Å². The van der Waals surface area contributed by atoms with Crippen molar-refractivity contribution in [1.29, 1.82) is 0 Å². The van der Waals surface area contributed by atoms with Gasteiger partial charge in [0.1, 0.15) is 5.82 Å². The Morgan fingerprint density at radius 2 is 2.07 bits per heavy atom. The number of nitrogens with zero attached hydrogens (tertiary/aromatic N) is 2. The zero-order valence-electron chi connectivity index (χ0n) is 15.7. The number of fused-ring (bicyclic) bond motifs is 1. The van der Waals surface area contributed by atoms with Crippen molar-refractivity contribution in [1.82, 2.24) is 15.2 Å². The van der Waals surface area contributed by atoms with Crippen LogP contribution in [0.25, 0.3) is 0 Å². The van der Waals surface area contributed by atoms with Crippen molar-refractivity contribution < 1.29 is 22.4 Å². The number of carbonyl (C=O) groups excluding carboxylic acids is 1. The second kappa shape index (κ2) is 7.74. The molecule has 0 bridgehead atoms. The number of hydrogen-bond acceptors (Lipinski definition) is 3. The molecule has 4 rings (SSSR count). The number of aromatic nitrogens is 1. The van der Waals surface area contributed by atoms with Crippen molar-refractivity contribution in [2.75, 3.05) is 19.6 Å². The lowest BCUT2D eigenvalue weighted by molar-refractivity contribution is -0.137. The molecule has 2 aliphatic heterocycles. The van der Waals surface area contributed by atoms with E-state index in [1.807, 2.05) is 4.90 Å². The number of benzene rings is 1. The molecule has 0 aliphatic carbocycles. The van der Waals surface area contributed by atoms with Gasteiger partial charge in [-0.05, 0) is 61.2 Å². The molecule has 8 heteroatoms. The zero-order chi connectivity index (χ0) is 20.6. The number of likely N-dealkylation sites (tertiary alicyclic amines) is 1. The predicted octanol–water partition coefficient (Wildman–Crippen LogP) is 3.91. The first-order valence-electron chi connectivity index (χ1n) is 9.66. The van der Waals surface area contributed by atoms with Crippen LogP contribution in [0.4, 0.5) is 17.6 Å². The van der Waals surface area contributed by atoms with Crippen LogP contribution in [-0.2, 0) is 19.1 Å². The van der Waals surface area contributed by atoms with E-state index >= 15 is 0 Å². The fraction of sp³-hybridized carbons (Fsp3) is 0.429. The quantitative estimate of drug-likeness (QED) is 0.785. The van der Waals surface area contributed by atoms with E-state index in [9.17, 15) is 22.4 Å². The monoisotopic (exact) mass is 407 g/mol. The normalized spacial score (nSPS) is 20.3. The number of rotatable bonds is 3. The van der Waals surface area contributed by atoms with Gasteiger partial charge < -0.3 is 5.32 Å². The van der Waals surface area contributed by atoms with Gasteiger partial charge in [-0.1, -0.05) is 0 Å². The molecule has 1 aromatic carbocycles. The van der Waals surface area contributed by atoms with Crippen LogP contribution in [0.2, 0.25) is 0 Å². The number of nitrogens with one attached hydrogen (secondary N) is 1. The van der Waals surface area contributed by atoms with E-state index in [0.29, 0.717) is 30.3 Å². The highest BCUT2D eigenvalue weighted by atomic mass is 19.4. The molecule has 0 radical (unpaired) electrons. The second-order valence-corrected chi connectivity index (χ2v) is 7.65. The summed E-state index contributed by atoms with van der Waals surface area (Å²) in [6, 6.07) is 4.42. The number of pyridine rings is 1. The predicted molar refractivity (Wildman–Crippen MR) is 98.9 cm³/mol. The van der Waals surface area contributed by atoms with E-state index in [2.05, 4.69) is 10.3 Å². The molecule has 1 fully saturated rings. The van der Waals surface area contributed by atoms with Gasteiger partial charge in [-0.2, -0.15) is 13.2 Å². The van der Waals surface area contributed by atoms with E-state index in [-0.39, 0.29) is 18.4 Å². The van der Waals surface area contributed by atoms with Gasteiger partial charge in [-0.15, -0.1) is 0 Å². The van der Waals surface area contributed by atoms with Crippen LogP contribution in [0, 0.1) is 5.82 Å². The number of alkyl halides is 3. The van der Waals surface area contributed by atoms with Crippen molar-refractivity contribution >= 4 is 5.91 Å². The molecule has 1 atom stereocenters. The average Bonchev–Trinajstić information content (AvgIpc) is 2.67. The molecule has 1 amide bonds. The van der Waals surface area contributed by atoms with E-state index in [0.717, 1.165) is 49.2 Å². The summed E-state index contributed by atoms with van der Waals surface area (Å²) < 4.78 is 52.7. The summed E-state index contributed by atoms with van der Waals surface area (Å²) in [5, 5.41) is 2.83. The fourth-order valence-electron chi connectivity index (χ4n) is 4.32. The van der Waals surface area contributed by atoms with Gasteiger partial charge in [0.25, 0.3) is 5.91 Å². The van der Waals surface area contributed by atoms with Crippen LogP contribution >= 0.6 is 0 Å². The van der Waals surface area contributed by atoms with Crippen molar-refractivity contribution in [3.8, 4) is 0 Å². The third-order valence-electron chi connectivity index (χ3n) is 5.58. The molecule has 2 aliphatic rings. The van der Waals surface area contributed by atoms with Gasteiger partial charge in [-0.3, -0.25) is 14.7 Å². The van der Waals surface area contributed by atoms with Gasteiger partial charge in [0.05, 0.1) is 5.56 Å². The third kappa shape index (κ3) is 4.27. The van der Waals surface area contributed by atoms with E-state index in [4.69, 9.17) is 0 Å². The molecular formula is C21H21F4N3O. The zero-order valence-corrected chi connectivity index (χ0v) is 15.7. The lowest BCUT2D eigenvalue weighted by Gasteiger charge is -2.34. The van der Waals surface area contributed by atoms with E-state index in [1.54, 1.807) is 12.3 Å². The summed E-state index contributed by atoms with van der Waals surface area (Å²) in [6.07, 6.45) is -0.448. The lowest BCUT2D eigenvalue weighted by atomic mass is 9.87. The van der Waals surface area contributed by atoms with Gasteiger partial charge in [-0.25, -0.2) is 4.39 Å². The fourth-order valence-corrected chi connectivity index (χ4v) is 4.32. The molecule has 29 heavy (non-hydrogen) atoms. The Morgan fingerprint density at radius 3 is 2.86 bits per heavy atom. The Bertz CT molecular complexity index is 929. The van der Waals surface area contributed by atoms with E-state index < -0.39 is 17.6 Å². The second-order valence-electron chi connectivity index (χ2n) is 7.65. The first-order valence-corrected chi connectivity index (χ1v) is 9.66. The van der Waals surface area contributed by atoms with Crippen LogP contribution in [-0.4, -0.2) is 35.4 Å². The summed E-state index contributed by atoms with van der Waals surface area (Å²) in [5.74, 6) is -0.879. The molecule has 0 spiro atoms. The summed E-state index contributed by atoms with van der Waals surface area (Å²) in [4.78, 5) is 18.7. The van der Waals surface area contributed by atoms with Crippen molar-refractivity contribution in [2.24, 2.45) is 0 Å². The maximum Gasteiger partial charge on any atom is 0.416 e. The minimum atomic E-state index is -4.57. The summed E-state index contributed by atoms with van der Waals surface area (Å²) in [5.41, 5.74) is 1.86. The van der Waals surface area contributed by atoms with Crippen LogP contribution in [0.1, 0.15) is 51.5 Å². The average molecular weight is 407 g/mol. The molecule has 2 aromatic rings. The van der Waals surface area contributed by atoms with Crippen LogP contribution in [0.15, 0.2) is 30.5 Å². The third-order valence-corrected chi connectivity index (χ3v) is 5.58. The molecule has 154 valence electrons. The van der Waals surface area contributed by atoms with Gasteiger partial charge in [0.15, 0.2) is 0 Å². The van der Waals surface area contributed by atoms with Crippen LogP contribution in [0.5, 0.6) is 0 Å². The number of halogens is 4. The van der Waals surface area contributed by atoms with Gasteiger partial charge >= 0.3 is 6.18 Å². The maximum atomic E-state index is 13.7. The highest BCUT2D eigenvalue weighted by Crippen LogP contribution is 2.33. The SMILES string of the molecule is O=C1NCCc2c1ccnc2C1CCCN(Cc2cc(F)cc(C(F)(F)F)c2)C1. The van der Waals surface area contributed by atoms with Gasteiger partial charge in [0, 0.05) is 43.0 Å². The first kappa shape index (κ1) is 19.8. The minimum Gasteiger partial charge on any atom is -0.352 e. The minimum absolute atomic E-state index is 0.0954. The van der Waals surface area contributed by atoms with Crippen LogP contribution in [0.3, 0.4) is 0 Å². The molecule has 4 nitrogen and oxygen atoms in total. The highest BCUT2D eigenvalue weighted by molar-refractivity contribution is 5.96. The molecule has 0 saturated carbocycles. The maximum absolute atomic E-state index is 13.7. The molecule has 1 unspecified atom stereocenters.